The van der Waals surface area contributed by atoms with Crippen LogP contribution in [0, 0.1) is 0 Å². The van der Waals surface area contributed by atoms with Crippen LogP contribution >= 0.6 is 0 Å². The molecule has 0 radical (unpaired) electrons. The van der Waals surface area contributed by atoms with Crippen molar-refractivity contribution in [3.8, 4) is 0 Å². The lowest BCUT2D eigenvalue weighted by Gasteiger charge is -2.18. The van der Waals surface area contributed by atoms with Gasteiger partial charge >= 0.3 is 17.9 Å². The predicted molar refractivity (Wildman–Crippen MR) is 251 cm³/mol. The van der Waals surface area contributed by atoms with E-state index in [4.69, 9.17) is 14.2 Å². The Morgan fingerprint density at radius 1 is 0.356 bits per heavy atom. The normalized spacial score (nSPS) is 12.7. The fraction of sp³-hybridized carbons (Fsp3) is 0.717. The van der Waals surface area contributed by atoms with Crippen molar-refractivity contribution < 1.29 is 28.6 Å². The summed E-state index contributed by atoms with van der Waals surface area (Å²) >= 11 is 0. The fourth-order valence-corrected chi connectivity index (χ4v) is 6.48. The molecular formula is C53H90O6. The summed E-state index contributed by atoms with van der Waals surface area (Å²) in [6.45, 7) is 6.43. The van der Waals surface area contributed by atoms with E-state index in [1.807, 2.05) is 0 Å². The molecule has 1 atom stereocenters. The molecule has 0 aromatic heterocycles. The molecule has 0 amide bonds. The minimum atomic E-state index is -0.798. The van der Waals surface area contributed by atoms with E-state index in [-0.39, 0.29) is 37.5 Å². The van der Waals surface area contributed by atoms with E-state index in [1.165, 1.54) is 70.6 Å². The third-order valence-corrected chi connectivity index (χ3v) is 10.2. The molecule has 0 bridgehead atoms. The number of esters is 3. The van der Waals surface area contributed by atoms with Crippen molar-refractivity contribution in [1.29, 1.82) is 0 Å². The highest BCUT2D eigenvalue weighted by Gasteiger charge is 2.19. The molecule has 0 aliphatic heterocycles. The van der Waals surface area contributed by atoms with Gasteiger partial charge in [0.1, 0.15) is 13.2 Å². The van der Waals surface area contributed by atoms with Crippen LogP contribution in [0.1, 0.15) is 226 Å². The second-order valence-electron chi connectivity index (χ2n) is 16.0. The van der Waals surface area contributed by atoms with Gasteiger partial charge in [-0.2, -0.15) is 0 Å². The molecule has 338 valence electrons. The summed E-state index contributed by atoms with van der Waals surface area (Å²) < 4.78 is 16.7. The summed E-state index contributed by atoms with van der Waals surface area (Å²) in [6.07, 6.45) is 58.8. The summed E-state index contributed by atoms with van der Waals surface area (Å²) in [5, 5.41) is 0. The topological polar surface area (TPSA) is 78.9 Å². The largest absolute Gasteiger partial charge is 0.462 e. The molecule has 0 aromatic carbocycles. The van der Waals surface area contributed by atoms with E-state index in [2.05, 4.69) is 93.7 Å². The number of carbonyl (C=O) groups excluding carboxylic acids is 3. The average Bonchev–Trinajstić information content (AvgIpc) is 3.23. The Morgan fingerprint density at radius 3 is 1.10 bits per heavy atom. The highest BCUT2D eigenvalue weighted by Crippen LogP contribution is 2.13. The van der Waals surface area contributed by atoms with Crippen molar-refractivity contribution in [3.63, 3.8) is 0 Å². The van der Waals surface area contributed by atoms with Gasteiger partial charge in [0.05, 0.1) is 0 Å². The van der Waals surface area contributed by atoms with Gasteiger partial charge in [-0.15, -0.1) is 0 Å². The Balaban J connectivity index is 4.46. The number of unbranched alkanes of at least 4 members (excludes halogenated alkanes) is 20. The van der Waals surface area contributed by atoms with Crippen molar-refractivity contribution in [1.82, 2.24) is 0 Å². The summed E-state index contributed by atoms with van der Waals surface area (Å²) in [4.78, 5) is 37.9. The molecule has 0 saturated heterocycles. The Hall–Kier alpha value is -3.15. The Kier molecular flexibility index (Phi) is 45.0. The van der Waals surface area contributed by atoms with E-state index in [0.29, 0.717) is 12.8 Å². The van der Waals surface area contributed by atoms with Crippen molar-refractivity contribution in [2.75, 3.05) is 13.2 Å². The van der Waals surface area contributed by atoms with E-state index in [0.717, 1.165) is 116 Å². The molecule has 59 heavy (non-hydrogen) atoms. The molecular weight excluding hydrogens is 733 g/mol. The van der Waals surface area contributed by atoms with Crippen LogP contribution in [-0.2, 0) is 28.6 Å². The summed E-state index contributed by atoms with van der Waals surface area (Å²) in [6, 6.07) is 0. The lowest BCUT2D eigenvalue weighted by atomic mass is 10.1. The molecule has 6 heteroatoms. The van der Waals surface area contributed by atoms with E-state index >= 15 is 0 Å². The fourth-order valence-electron chi connectivity index (χ4n) is 6.48. The van der Waals surface area contributed by atoms with Gasteiger partial charge in [0.2, 0.25) is 0 Å². The SMILES string of the molecule is CC/C=C\C/C=C\C/C=C\CCCCCC(=O)OC(COC(=O)CCCCCCC/C=C\C/C=C\CCCCC)COC(=O)CCCCCCC/C=C\CCCCCC. The van der Waals surface area contributed by atoms with Crippen LogP contribution in [0.15, 0.2) is 72.9 Å². The monoisotopic (exact) mass is 823 g/mol. The molecule has 0 saturated carbocycles. The minimum Gasteiger partial charge on any atom is -0.462 e. The number of allylic oxidation sites excluding steroid dienone is 12. The third kappa shape index (κ3) is 45.8. The summed E-state index contributed by atoms with van der Waals surface area (Å²) in [5.41, 5.74) is 0. The lowest BCUT2D eigenvalue weighted by Crippen LogP contribution is -2.30. The average molecular weight is 823 g/mol. The maximum atomic E-state index is 12.7. The first-order valence-electron chi connectivity index (χ1n) is 24.4. The van der Waals surface area contributed by atoms with Crippen LogP contribution in [0.2, 0.25) is 0 Å². The Bertz CT molecular complexity index is 1130. The maximum absolute atomic E-state index is 12.7. The van der Waals surface area contributed by atoms with Crippen LogP contribution in [0.4, 0.5) is 0 Å². The second kappa shape index (κ2) is 47.5. The molecule has 0 fully saturated rings. The quantitative estimate of drug-likeness (QED) is 0.0264. The van der Waals surface area contributed by atoms with Crippen molar-refractivity contribution in [3.05, 3.63) is 72.9 Å². The first-order valence-corrected chi connectivity index (χ1v) is 24.4. The molecule has 0 aromatic rings. The molecule has 0 spiro atoms. The zero-order chi connectivity index (χ0) is 43.0. The number of rotatable bonds is 43. The first kappa shape index (κ1) is 55.9. The zero-order valence-electron chi connectivity index (χ0n) is 38.5. The standard InChI is InChI=1S/C53H90O6/c1-4-7-10-13-16-19-22-25-26-29-31-34-37-40-43-46-52(55)58-49-50(59-53(56)47-44-41-38-35-32-28-24-21-18-15-12-9-6-3)48-57-51(54)45-42-39-36-33-30-27-23-20-17-14-11-8-5-2/h9,12,16,18-21,23,25-26,28,32,50H,4-8,10-11,13-15,17,22,24,27,29-31,33-49H2,1-3H3/b12-9-,19-16-,21-18-,23-20-,26-25-,32-28-. The van der Waals surface area contributed by atoms with Crippen molar-refractivity contribution in [2.45, 2.75) is 232 Å². The van der Waals surface area contributed by atoms with Gasteiger partial charge in [-0.25, -0.2) is 0 Å². The first-order chi connectivity index (χ1) is 29.0. The van der Waals surface area contributed by atoms with Crippen LogP contribution < -0.4 is 0 Å². The number of ether oxygens (including phenoxy) is 3. The van der Waals surface area contributed by atoms with Crippen molar-refractivity contribution in [2.24, 2.45) is 0 Å². The Labute approximate surface area is 363 Å². The lowest BCUT2D eigenvalue weighted by molar-refractivity contribution is -0.167. The molecule has 0 aliphatic rings. The van der Waals surface area contributed by atoms with Crippen LogP contribution in [0.25, 0.3) is 0 Å². The van der Waals surface area contributed by atoms with Crippen LogP contribution in [0.3, 0.4) is 0 Å². The Morgan fingerprint density at radius 2 is 0.661 bits per heavy atom. The van der Waals surface area contributed by atoms with Gasteiger partial charge in [-0.1, -0.05) is 171 Å². The highest BCUT2D eigenvalue weighted by molar-refractivity contribution is 5.71. The van der Waals surface area contributed by atoms with Crippen LogP contribution in [-0.4, -0.2) is 37.2 Å². The summed E-state index contributed by atoms with van der Waals surface area (Å²) in [7, 11) is 0. The molecule has 6 nitrogen and oxygen atoms in total. The molecule has 0 rings (SSSR count). The van der Waals surface area contributed by atoms with Gasteiger partial charge in [0.25, 0.3) is 0 Å². The predicted octanol–water partition coefficient (Wildman–Crippen LogP) is 15.9. The molecule has 0 N–H and O–H groups in total. The smallest absolute Gasteiger partial charge is 0.306 e. The maximum Gasteiger partial charge on any atom is 0.306 e. The van der Waals surface area contributed by atoms with E-state index in [9.17, 15) is 14.4 Å². The zero-order valence-corrected chi connectivity index (χ0v) is 38.5. The highest BCUT2D eigenvalue weighted by atomic mass is 16.6. The number of hydrogen-bond donors (Lipinski definition) is 0. The number of hydrogen-bond acceptors (Lipinski definition) is 6. The second-order valence-corrected chi connectivity index (χ2v) is 16.0. The molecule has 0 heterocycles. The van der Waals surface area contributed by atoms with Crippen LogP contribution in [0.5, 0.6) is 0 Å². The van der Waals surface area contributed by atoms with Gasteiger partial charge in [0, 0.05) is 19.3 Å². The summed E-state index contributed by atoms with van der Waals surface area (Å²) in [5.74, 6) is -0.951. The van der Waals surface area contributed by atoms with Gasteiger partial charge in [-0.3, -0.25) is 14.4 Å². The third-order valence-electron chi connectivity index (χ3n) is 10.2. The van der Waals surface area contributed by atoms with Gasteiger partial charge in [-0.05, 0) is 109 Å². The van der Waals surface area contributed by atoms with Gasteiger partial charge < -0.3 is 14.2 Å². The molecule has 0 aliphatic carbocycles. The van der Waals surface area contributed by atoms with E-state index in [1.54, 1.807) is 0 Å². The number of carbonyl (C=O) groups is 3. The van der Waals surface area contributed by atoms with Gasteiger partial charge in [0.15, 0.2) is 6.10 Å². The minimum absolute atomic E-state index is 0.0968. The molecule has 1 unspecified atom stereocenters. The van der Waals surface area contributed by atoms with Crippen molar-refractivity contribution >= 4 is 17.9 Å². The van der Waals surface area contributed by atoms with E-state index < -0.39 is 6.10 Å².